The molecular weight excluding hydrogens is 414 g/mol. The minimum Gasteiger partial charge on any atom is -0.388 e. The Bertz CT molecular complexity index is 1090. The predicted octanol–water partition coefficient (Wildman–Crippen LogP) is 3.31. The molecule has 1 amide bonds. The number of rotatable bonds is 6. The van der Waals surface area contributed by atoms with Crippen molar-refractivity contribution in [2.45, 2.75) is 37.8 Å². The van der Waals surface area contributed by atoms with Crippen molar-refractivity contribution in [3.05, 3.63) is 77.6 Å². The zero-order valence-corrected chi connectivity index (χ0v) is 18.6. The topological polar surface area (TPSA) is 84.1 Å². The van der Waals surface area contributed by atoms with Gasteiger partial charge in [-0.1, -0.05) is 42.5 Å². The van der Waals surface area contributed by atoms with Crippen LogP contribution in [0.5, 0.6) is 0 Å². The molecule has 7 nitrogen and oxygen atoms in total. The molecule has 3 fully saturated rings. The Morgan fingerprint density at radius 1 is 1.03 bits per heavy atom. The molecule has 6 rings (SSSR count). The zero-order chi connectivity index (χ0) is 22.4. The number of benzene rings is 2. The maximum absolute atomic E-state index is 13.0. The number of hydrogen-bond donors (Lipinski definition) is 1. The van der Waals surface area contributed by atoms with E-state index in [0.29, 0.717) is 29.7 Å². The molecule has 2 aliphatic carbocycles. The number of carbonyl (C=O) groups excluding carboxylic acids is 1. The van der Waals surface area contributed by atoms with E-state index in [1.54, 1.807) is 6.33 Å². The van der Waals surface area contributed by atoms with Gasteiger partial charge in [-0.3, -0.25) is 4.79 Å². The van der Waals surface area contributed by atoms with Crippen molar-refractivity contribution in [3.63, 3.8) is 0 Å². The number of piperidine rings is 1. The number of nitrogens with zero attached hydrogens (tertiary/aromatic N) is 5. The summed E-state index contributed by atoms with van der Waals surface area (Å²) in [6.07, 6.45) is 5.57. The molecule has 3 aliphatic rings. The third-order valence-corrected chi connectivity index (χ3v) is 8.00. The Hall–Kier alpha value is -3.06. The second-order valence-corrected chi connectivity index (χ2v) is 10.0. The molecule has 2 saturated carbocycles. The van der Waals surface area contributed by atoms with Gasteiger partial charge in [-0.2, -0.15) is 0 Å². The number of tetrazole rings is 1. The van der Waals surface area contributed by atoms with Crippen molar-refractivity contribution in [2.24, 2.45) is 23.7 Å². The summed E-state index contributed by atoms with van der Waals surface area (Å²) in [5, 5.41) is 22.2. The van der Waals surface area contributed by atoms with E-state index in [2.05, 4.69) is 27.7 Å². The molecule has 6 atom stereocenters. The quantitative estimate of drug-likeness (QED) is 0.632. The molecule has 0 bridgehead atoms. The van der Waals surface area contributed by atoms with Gasteiger partial charge >= 0.3 is 0 Å². The Balaban J connectivity index is 1.02. The fourth-order valence-electron chi connectivity index (χ4n) is 6.17. The molecule has 7 heteroatoms. The normalized spacial score (nSPS) is 29.1. The molecule has 0 radical (unpaired) electrons. The zero-order valence-electron chi connectivity index (χ0n) is 18.6. The van der Waals surface area contributed by atoms with Crippen LogP contribution in [-0.4, -0.2) is 49.2 Å². The first-order valence-corrected chi connectivity index (χ1v) is 12.0. The second-order valence-electron chi connectivity index (χ2n) is 10.0. The summed E-state index contributed by atoms with van der Waals surface area (Å²) < 4.78 is 1.83. The third-order valence-electron chi connectivity index (χ3n) is 8.00. The van der Waals surface area contributed by atoms with Crippen molar-refractivity contribution >= 4 is 5.91 Å². The molecule has 1 aromatic heterocycles. The van der Waals surface area contributed by atoms with E-state index in [1.807, 2.05) is 52.0 Å². The van der Waals surface area contributed by atoms with Crippen LogP contribution in [0.25, 0.3) is 0 Å². The minimum absolute atomic E-state index is 0.121. The van der Waals surface area contributed by atoms with E-state index in [0.717, 1.165) is 49.9 Å². The molecule has 170 valence electrons. The molecule has 2 heterocycles. The van der Waals surface area contributed by atoms with Crippen LogP contribution in [0, 0.1) is 23.7 Å². The first-order valence-electron chi connectivity index (χ1n) is 12.0. The highest BCUT2D eigenvalue weighted by atomic mass is 16.3. The van der Waals surface area contributed by atoms with Gasteiger partial charge in [0.05, 0.1) is 12.1 Å². The minimum atomic E-state index is -0.372. The fraction of sp³-hybridized carbons (Fsp3) is 0.462. The van der Waals surface area contributed by atoms with Crippen LogP contribution in [0.4, 0.5) is 0 Å². The summed E-state index contributed by atoms with van der Waals surface area (Å²) in [4.78, 5) is 14.9. The van der Waals surface area contributed by atoms with Crippen molar-refractivity contribution in [3.8, 4) is 0 Å². The Morgan fingerprint density at radius 3 is 2.48 bits per heavy atom. The maximum atomic E-state index is 13.0. The van der Waals surface area contributed by atoms with Gasteiger partial charge in [-0.25, -0.2) is 4.68 Å². The van der Waals surface area contributed by atoms with E-state index in [4.69, 9.17) is 0 Å². The lowest BCUT2D eigenvalue weighted by atomic mass is 9.91. The van der Waals surface area contributed by atoms with E-state index in [1.165, 1.54) is 5.56 Å². The first-order chi connectivity index (χ1) is 16.2. The second kappa shape index (κ2) is 8.37. The van der Waals surface area contributed by atoms with Gasteiger partial charge in [0.15, 0.2) is 0 Å². The van der Waals surface area contributed by atoms with Crippen molar-refractivity contribution < 1.29 is 9.90 Å². The van der Waals surface area contributed by atoms with Gasteiger partial charge in [0, 0.05) is 30.5 Å². The lowest BCUT2D eigenvalue weighted by Gasteiger charge is -2.20. The molecule has 3 aromatic rings. The number of hydrogen-bond acceptors (Lipinski definition) is 5. The predicted molar refractivity (Wildman–Crippen MR) is 122 cm³/mol. The molecule has 1 unspecified atom stereocenters. The van der Waals surface area contributed by atoms with E-state index in [9.17, 15) is 9.90 Å². The largest absolute Gasteiger partial charge is 0.388 e. The van der Waals surface area contributed by atoms with E-state index >= 15 is 0 Å². The van der Waals surface area contributed by atoms with Gasteiger partial charge in [0.1, 0.15) is 6.33 Å². The number of fused-ring (bicyclic) bond motifs is 1. The van der Waals surface area contributed by atoms with Crippen LogP contribution in [-0.2, 0) is 6.42 Å². The van der Waals surface area contributed by atoms with Crippen LogP contribution >= 0.6 is 0 Å². The summed E-state index contributed by atoms with van der Waals surface area (Å²) in [7, 11) is 0. The van der Waals surface area contributed by atoms with E-state index in [-0.39, 0.29) is 12.0 Å². The molecule has 0 spiro atoms. The molecular formula is C26H29N5O2. The van der Waals surface area contributed by atoms with Crippen molar-refractivity contribution in [1.82, 2.24) is 25.1 Å². The highest BCUT2D eigenvalue weighted by Gasteiger charge is 2.58. The number of aliphatic hydroxyl groups is 1. The lowest BCUT2D eigenvalue weighted by molar-refractivity contribution is 0.0767. The van der Waals surface area contributed by atoms with E-state index < -0.39 is 0 Å². The number of likely N-dealkylation sites (tertiary alicyclic amines) is 1. The Morgan fingerprint density at radius 2 is 1.79 bits per heavy atom. The van der Waals surface area contributed by atoms with Crippen molar-refractivity contribution in [2.75, 3.05) is 13.1 Å². The highest BCUT2D eigenvalue weighted by molar-refractivity contribution is 5.94. The van der Waals surface area contributed by atoms with Gasteiger partial charge in [0.25, 0.3) is 5.91 Å². The summed E-state index contributed by atoms with van der Waals surface area (Å²) in [6.45, 7) is 1.56. The number of aliphatic hydroxyl groups excluding tert-OH is 1. The van der Waals surface area contributed by atoms with Gasteiger partial charge in [0.2, 0.25) is 0 Å². The lowest BCUT2D eigenvalue weighted by Crippen LogP contribution is -2.32. The Kier molecular flexibility index (Phi) is 5.21. The van der Waals surface area contributed by atoms with Crippen LogP contribution in [0.1, 0.15) is 52.9 Å². The maximum Gasteiger partial charge on any atom is 0.253 e. The highest BCUT2D eigenvalue weighted by Crippen LogP contribution is 2.54. The summed E-state index contributed by atoms with van der Waals surface area (Å²) in [5.74, 6) is 1.98. The molecule has 2 aromatic carbocycles. The summed E-state index contributed by atoms with van der Waals surface area (Å²) in [6, 6.07) is 18.5. The fourth-order valence-corrected chi connectivity index (χ4v) is 6.17. The van der Waals surface area contributed by atoms with Crippen LogP contribution in [0.2, 0.25) is 0 Å². The number of carbonyl (C=O) groups is 1. The molecule has 1 N–H and O–H groups in total. The molecule has 33 heavy (non-hydrogen) atoms. The SMILES string of the molecule is O=C(c1ccc(C[C@@H]2CC[C@H]([C@H](O)c3ccccc3)C2)cc1)N1C[C@@H]2C(n3cnnn3)[C@@H]2C1. The van der Waals surface area contributed by atoms with Gasteiger partial charge in [-0.15, -0.1) is 5.10 Å². The average molecular weight is 444 g/mol. The standard InChI is InChI=1S/C26H29N5O2/c32-25(19-4-2-1-3-5-19)21-11-8-18(13-21)12-17-6-9-20(10-7-17)26(33)30-14-22-23(15-30)24(22)31-16-27-28-29-31/h1-7,9-10,16,18,21-25,32H,8,11-15H2/t18-,21-,22-,23+,24?,25+/m0/s1. The average Bonchev–Trinajstić information content (AvgIpc) is 3.38. The van der Waals surface area contributed by atoms with Gasteiger partial charge < -0.3 is 10.0 Å². The Labute approximate surface area is 193 Å². The molecule has 1 aliphatic heterocycles. The van der Waals surface area contributed by atoms with Crippen LogP contribution in [0.15, 0.2) is 60.9 Å². The van der Waals surface area contributed by atoms with Crippen LogP contribution in [0.3, 0.4) is 0 Å². The monoisotopic (exact) mass is 443 g/mol. The first kappa shape index (κ1) is 20.5. The number of amides is 1. The third kappa shape index (κ3) is 3.95. The van der Waals surface area contributed by atoms with Crippen LogP contribution < -0.4 is 0 Å². The number of aromatic nitrogens is 4. The molecule has 1 saturated heterocycles. The summed E-state index contributed by atoms with van der Waals surface area (Å²) in [5.41, 5.74) is 3.06. The van der Waals surface area contributed by atoms with Crippen molar-refractivity contribution in [1.29, 1.82) is 0 Å². The van der Waals surface area contributed by atoms with Gasteiger partial charge in [-0.05, 0) is 71.2 Å². The smallest absolute Gasteiger partial charge is 0.253 e. The summed E-state index contributed by atoms with van der Waals surface area (Å²) >= 11 is 0.